The van der Waals surface area contributed by atoms with Crippen molar-refractivity contribution in [2.45, 2.75) is 25.9 Å². The second-order valence-corrected chi connectivity index (χ2v) is 5.24. The molecule has 1 atom stereocenters. The summed E-state index contributed by atoms with van der Waals surface area (Å²) in [6, 6.07) is 3.00. The molecule has 0 radical (unpaired) electrons. The summed E-state index contributed by atoms with van der Waals surface area (Å²) >= 11 is 3.20. The van der Waals surface area contributed by atoms with Gasteiger partial charge in [0, 0.05) is 29.8 Å². The first-order valence-corrected chi connectivity index (χ1v) is 7.04. The fourth-order valence-corrected chi connectivity index (χ4v) is 2.19. The number of hydrogen-bond donors (Lipinski definition) is 1. The van der Waals surface area contributed by atoms with Gasteiger partial charge < -0.3 is 14.6 Å². The van der Waals surface area contributed by atoms with E-state index in [-0.39, 0.29) is 11.4 Å². The van der Waals surface area contributed by atoms with Crippen LogP contribution in [-0.2, 0) is 4.74 Å². The van der Waals surface area contributed by atoms with Gasteiger partial charge in [0.2, 0.25) is 5.75 Å². The Morgan fingerprint density at radius 1 is 1.40 bits per heavy atom. The molecule has 1 aromatic rings. The number of ether oxygens (including phenoxy) is 2. The summed E-state index contributed by atoms with van der Waals surface area (Å²) < 4.78 is 11.0. The normalized spacial score (nSPS) is 12.2. The molecule has 0 aliphatic heterocycles. The molecule has 0 spiro atoms. The van der Waals surface area contributed by atoms with Crippen LogP contribution in [-0.4, -0.2) is 30.4 Å². The first-order chi connectivity index (χ1) is 9.47. The van der Waals surface area contributed by atoms with Crippen molar-refractivity contribution in [1.29, 1.82) is 0 Å². The van der Waals surface area contributed by atoms with Crippen molar-refractivity contribution in [3.8, 4) is 5.75 Å². The molecule has 1 rings (SSSR count). The Kier molecular flexibility index (Phi) is 6.90. The number of nitrogens with zero attached hydrogens (tertiary/aromatic N) is 1. The summed E-state index contributed by atoms with van der Waals surface area (Å²) in [4.78, 5) is 10.6. The van der Waals surface area contributed by atoms with E-state index in [2.05, 4.69) is 15.9 Å². The fourth-order valence-electron chi connectivity index (χ4n) is 1.73. The minimum absolute atomic E-state index is 0.130. The van der Waals surface area contributed by atoms with Gasteiger partial charge in [-0.3, -0.25) is 10.1 Å². The van der Waals surface area contributed by atoms with Crippen LogP contribution in [0.5, 0.6) is 5.75 Å². The number of hydrogen-bond acceptors (Lipinski definition) is 5. The molecule has 0 bridgehead atoms. The van der Waals surface area contributed by atoms with E-state index in [1.807, 2.05) is 0 Å². The maximum absolute atomic E-state index is 11.1. The Bertz CT molecular complexity index is 464. The summed E-state index contributed by atoms with van der Waals surface area (Å²) in [7, 11) is 1.62. The van der Waals surface area contributed by atoms with Gasteiger partial charge in [-0.15, -0.1) is 0 Å². The maximum atomic E-state index is 11.1. The highest BCUT2D eigenvalue weighted by molar-refractivity contribution is 9.10. The third-order valence-corrected chi connectivity index (χ3v) is 3.16. The predicted molar refractivity (Wildman–Crippen MR) is 78.0 cm³/mol. The van der Waals surface area contributed by atoms with Crippen LogP contribution in [0.1, 0.15) is 31.4 Å². The molecule has 0 fully saturated rings. The van der Waals surface area contributed by atoms with Crippen molar-refractivity contribution in [3.05, 3.63) is 32.3 Å². The Morgan fingerprint density at radius 2 is 2.05 bits per heavy atom. The largest absolute Gasteiger partial charge is 0.487 e. The number of benzene rings is 1. The van der Waals surface area contributed by atoms with E-state index in [0.29, 0.717) is 23.2 Å². The molecule has 0 amide bonds. The molecule has 0 aromatic heterocycles. The van der Waals surface area contributed by atoms with Crippen molar-refractivity contribution >= 4 is 21.6 Å². The summed E-state index contributed by atoms with van der Waals surface area (Å²) in [6.07, 6.45) is 0.686. The van der Waals surface area contributed by atoms with Crippen molar-refractivity contribution in [2.75, 3.05) is 20.3 Å². The predicted octanol–water partition coefficient (Wildman–Crippen LogP) is 3.22. The van der Waals surface area contributed by atoms with Crippen LogP contribution in [0.15, 0.2) is 16.6 Å². The molecule has 1 N–H and O–H groups in total. The van der Waals surface area contributed by atoms with E-state index >= 15 is 0 Å². The third-order valence-electron chi connectivity index (χ3n) is 2.70. The van der Waals surface area contributed by atoms with Crippen LogP contribution in [0.4, 0.5) is 5.69 Å². The van der Waals surface area contributed by atoms with Gasteiger partial charge in [0.15, 0.2) is 0 Å². The zero-order chi connectivity index (χ0) is 15.1. The van der Waals surface area contributed by atoms with Crippen LogP contribution in [0.25, 0.3) is 0 Å². The van der Waals surface area contributed by atoms with Gasteiger partial charge in [0.25, 0.3) is 0 Å². The van der Waals surface area contributed by atoms with E-state index in [0.717, 1.165) is 12.8 Å². The topological polar surface area (TPSA) is 81.8 Å². The lowest BCUT2D eigenvalue weighted by Gasteiger charge is -2.14. The summed E-state index contributed by atoms with van der Waals surface area (Å²) in [5, 5.41) is 20.8. The molecular formula is C13H18BrNO5. The van der Waals surface area contributed by atoms with Crippen molar-refractivity contribution < 1.29 is 19.5 Å². The van der Waals surface area contributed by atoms with E-state index < -0.39 is 11.0 Å². The van der Waals surface area contributed by atoms with Gasteiger partial charge >= 0.3 is 5.69 Å². The Labute approximate surface area is 126 Å². The van der Waals surface area contributed by atoms with Gasteiger partial charge in [0.05, 0.1) is 17.6 Å². The molecule has 7 heteroatoms. The number of aliphatic hydroxyl groups excluding tert-OH is 1. The molecule has 0 saturated carbocycles. The Hall–Kier alpha value is -1.18. The van der Waals surface area contributed by atoms with E-state index in [1.54, 1.807) is 20.1 Å². The molecule has 6 nitrogen and oxygen atoms in total. The summed E-state index contributed by atoms with van der Waals surface area (Å²) in [6.45, 7) is 2.50. The van der Waals surface area contributed by atoms with Gasteiger partial charge in [-0.25, -0.2) is 0 Å². The smallest absolute Gasteiger partial charge is 0.312 e. The first kappa shape index (κ1) is 16.9. The van der Waals surface area contributed by atoms with Gasteiger partial charge in [-0.05, 0) is 25.8 Å². The molecule has 20 heavy (non-hydrogen) atoms. The highest BCUT2D eigenvalue weighted by atomic mass is 79.9. The zero-order valence-electron chi connectivity index (χ0n) is 11.5. The van der Waals surface area contributed by atoms with Crippen molar-refractivity contribution in [2.24, 2.45) is 0 Å². The number of rotatable bonds is 8. The van der Waals surface area contributed by atoms with E-state index in [9.17, 15) is 15.2 Å². The Balaban J connectivity index is 2.92. The lowest BCUT2D eigenvalue weighted by Crippen LogP contribution is -2.06. The van der Waals surface area contributed by atoms with Crippen LogP contribution in [0.2, 0.25) is 0 Å². The average molecular weight is 348 g/mol. The lowest BCUT2D eigenvalue weighted by molar-refractivity contribution is -0.386. The van der Waals surface area contributed by atoms with Crippen LogP contribution >= 0.6 is 15.9 Å². The van der Waals surface area contributed by atoms with E-state index in [1.165, 1.54) is 6.07 Å². The average Bonchev–Trinajstić information content (AvgIpc) is 2.38. The lowest BCUT2D eigenvalue weighted by atomic mass is 10.1. The highest BCUT2D eigenvalue weighted by Gasteiger charge is 2.23. The second kappa shape index (κ2) is 8.18. The number of nitro groups is 1. The third kappa shape index (κ3) is 4.73. The van der Waals surface area contributed by atoms with Crippen LogP contribution < -0.4 is 4.74 Å². The molecule has 0 aliphatic rings. The SMILES string of the molecule is COCCCCOc1c([C@@H](C)O)cc(Br)cc1[N+](=O)[O-]. The van der Waals surface area contributed by atoms with Gasteiger partial charge in [-0.2, -0.15) is 0 Å². The van der Waals surface area contributed by atoms with Crippen molar-refractivity contribution in [1.82, 2.24) is 0 Å². The number of halogens is 1. The van der Waals surface area contributed by atoms with Crippen LogP contribution in [0, 0.1) is 10.1 Å². The summed E-state index contributed by atoms with van der Waals surface area (Å²) in [5.74, 6) is 0.130. The molecular weight excluding hydrogens is 330 g/mol. The number of nitro benzene ring substituents is 1. The molecule has 0 saturated heterocycles. The fraction of sp³-hybridized carbons (Fsp3) is 0.538. The summed E-state index contributed by atoms with van der Waals surface area (Å²) in [5.41, 5.74) is 0.250. The molecule has 0 unspecified atom stereocenters. The molecule has 112 valence electrons. The monoisotopic (exact) mass is 347 g/mol. The van der Waals surface area contributed by atoms with Crippen LogP contribution in [0.3, 0.4) is 0 Å². The molecule has 1 aromatic carbocycles. The van der Waals surface area contributed by atoms with Gasteiger partial charge in [0.1, 0.15) is 0 Å². The minimum Gasteiger partial charge on any atom is -0.487 e. The second-order valence-electron chi connectivity index (χ2n) is 4.32. The quantitative estimate of drug-likeness (QED) is 0.443. The molecule has 0 aliphatic carbocycles. The van der Waals surface area contributed by atoms with Gasteiger partial charge in [-0.1, -0.05) is 15.9 Å². The zero-order valence-corrected chi connectivity index (χ0v) is 13.1. The first-order valence-electron chi connectivity index (χ1n) is 6.25. The Morgan fingerprint density at radius 3 is 2.60 bits per heavy atom. The minimum atomic E-state index is -0.847. The van der Waals surface area contributed by atoms with Crippen molar-refractivity contribution in [3.63, 3.8) is 0 Å². The number of unbranched alkanes of at least 4 members (excludes halogenated alkanes) is 1. The number of aliphatic hydroxyl groups is 1. The molecule has 0 heterocycles. The standard InChI is InChI=1S/C13H18BrNO5/c1-9(16)11-7-10(14)8-12(15(17)18)13(11)20-6-4-3-5-19-2/h7-9,16H,3-6H2,1-2H3/t9-/m1/s1. The number of methoxy groups -OCH3 is 1. The maximum Gasteiger partial charge on any atom is 0.312 e. The van der Waals surface area contributed by atoms with E-state index in [4.69, 9.17) is 9.47 Å². The highest BCUT2D eigenvalue weighted by Crippen LogP contribution is 2.37.